The average molecular weight is 425 g/mol. The Bertz CT molecular complexity index is 1270. The highest BCUT2D eigenvalue weighted by Crippen LogP contribution is 2.25. The lowest BCUT2D eigenvalue weighted by Crippen LogP contribution is -2.35. The van der Waals surface area contributed by atoms with Gasteiger partial charge in [0.1, 0.15) is 0 Å². The first-order valence-electron chi connectivity index (χ1n) is 10.5. The Balaban J connectivity index is 1.60. The van der Waals surface area contributed by atoms with Crippen molar-refractivity contribution in [3.05, 3.63) is 90.3 Å². The number of nitrogens with one attached hydrogen (secondary N) is 1. The van der Waals surface area contributed by atoms with Gasteiger partial charge in [0, 0.05) is 36.1 Å². The summed E-state index contributed by atoms with van der Waals surface area (Å²) < 4.78 is 0. The molecule has 0 aliphatic rings. The number of hydrogen-bond acceptors (Lipinski definition) is 4. The molecule has 6 nitrogen and oxygen atoms in total. The van der Waals surface area contributed by atoms with Gasteiger partial charge in [-0.3, -0.25) is 14.6 Å². The zero-order valence-electron chi connectivity index (χ0n) is 18.1. The molecule has 32 heavy (non-hydrogen) atoms. The van der Waals surface area contributed by atoms with E-state index in [4.69, 9.17) is 4.98 Å². The Morgan fingerprint density at radius 3 is 2.47 bits per heavy atom. The molecular weight excluding hydrogens is 400 g/mol. The molecule has 4 rings (SSSR count). The summed E-state index contributed by atoms with van der Waals surface area (Å²) in [5.41, 5.74) is 4.61. The van der Waals surface area contributed by atoms with Gasteiger partial charge < -0.3 is 10.2 Å². The smallest absolute Gasteiger partial charge is 0.254 e. The van der Waals surface area contributed by atoms with E-state index in [0.717, 1.165) is 34.1 Å². The van der Waals surface area contributed by atoms with Crippen LogP contribution in [-0.2, 0) is 11.2 Å². The summed E-state index contributed by atoms with van der Waals surface area (Å²) in [4.78, 5) is 36.2. The Morgan fingerprint density at radius 2 is 1.69 bits per heavy atom. The number of aryl methyl sites for hydroxylation is 1. The molecule has 0 unspecified atom stereocenters. The Kier molecular flexibility index (Phi) is 6.22. The van der Waals surface area contributed by atoms with Crippen LogP contribution >= 0.6 is 0 Å². The summed E-state index contributed by atoms with van der Waals surface area (Å²) in [5, 5.41) is 3.67. The van der Waals surface area contributed by atoms with Gasteiger partial charge in [0.05, 0.1) is 23.3 Å². The topological polar surface area (TPSA) is 75.2 Å². The minimum atomic E-state index is -0.241. The minimum Gasteiger partial charge on any atom is -0.332 e. The number of aromatic nitrogens is 2. The van der Waals surface area contributed by atoms with Crippen molar-refractivity contribution in [3.63, 3.8) is 0 Å². The van der Waals surface area contributed by atoms with Crippen LogP contribution in [0.15, 0.2) is 79.1 Å². The molecule has 0 saturated carbocycles. The first kappa shape index (κ1) is 21.2. The number of rotatable bonds is 6. The number of anilines is 1. The number of amides is 2. The molecule has 2 aromatic carbocycles. The maximum Gasteiger partial charge on any atom is 0.254 e. The van der Waals surface area contributed by atoms with Crippen molar-refractivity contribution < 1.29 is 9.59 Å². The van der Waals surface area contributed by atoms with Gasteiger partial charge >= 0.3 is 0 Å². The molecule has 0 radical (unpaired) electrons. The largest absolute Gasteiger partial charge is 0.332 e. The van der Waals surface area contributed by atoms with Gasteiger partial charge in [0.2, 0.25) is 5.91 Å². The van der Waals surface area contributed by atoms with E-state index >= 15 is 0 Å². The lowest BCUT2D eigenvalue weighted by molar-refractivity contribution is -0.116. The normalized spacial score (nSPS) is 10.7. The summed E-state index contributed by atoms with van der Waals surface area (Å²) in [6, 6.07) is 20.7. The fraction of sp³-hybridized carbons (Fsp3) is 0.154. The number of carbonyl (C=O) groups is 2. The lowest BCUT2D eigenvalue weighted by Gasteiger charge is -2.19. The van der Waals surface area contributed by atoms with Crippen LogP contribution in [0.25, 0.3) is 22.2 Å². The zero-order valence-corrected chi connectivity index (χ0v) is 18.1. The van der Waals surface area contributed by atoms with Crippen LogP contribution in [0.5, 0.6) is 0 Å². The maximum absolute atomic E-state index is 13.4. The highest BCUT2D eigenvalue weighted by atomic mass is 16.2. The number of benzene rings is 2. The predicted molar refractivity (Wildman–Crippen MR) is 126 cm³/mol. The molecule has 2 aromatic heterocycles. The minimum absolute atomic E-state index is 0.0574. The van der Waals surface area contributed by atoms with E-state index in [1.807, 2.05) is 67.6 Å². The molecule has 0 atom stereocenters. The second-order valence-electron chi connectivity index (χ2n) is 7.53. The van der Waals surface area contributed by atoms with E-state index in [1.54, 1.807) is 25.5 Å². The van der Waals surface area contributed by atoms with Gasteiger partial charge in [-0.2, -0.15) is 0 Å². The average Bonchev–Trinajstić information content (AvgIpc) is 2.83. The van der Waals surface area contributed by atoms with Gasteiger partial charge in [0.25, 0.3) is 5.91 Å². The second kappa shape index (κ2) is 9.39. The van der Waals surface area contributed by atoms with Crippen LogP contribution in [-0.4, -0.2) is 40.3 Å². The predicted octanol–water partition coefficient (Wildman–Crippen LogP) is 4.57. The molecule has 0 aliphatic heterocycles. The third kappa shape index (κ3) is 4.49. The van der Waals surface area contributed by atoms with E-state index in [9.17, 15) is 9.59 Å². The molecule has 0 fully saturated rings. The number of likely N-dealkylation sites (N-methyl/N-ethyl adjacent to an activating group) is 1. The second-order valence-corrected chi connectivity index (χ2v) is 7.53. The van der Waals surface area contributed by atoms with E-state index in [-0.39, 0.29) is 18.4 Å². The fourth-order valence-corrected chi connectivity index (χ4v) is 3.66. The number of pyridine rings is 2. The highest BCUT2D eigenvalue weighted by Gasteiger charge is 2.19. The summed E-state index contributed by atoms with van der Waals surface area (Å²) in [6.45, 7) is 1.98. The summed E-state index contributed by atoms with van der Waals surface area (Å²) in [6.07, 6.45) is 4.20. The third-order valence-corrected chi connectivity index (χ3v) is 5.32. The SMILES string of the molecule is CCc1ccccc1NC(=O)CN(C)C(=O)c1cc(-c2ccncc2)nc2ccccc12. The summed E-state index contributed by atoms with van der Waals surface area (Å²) >= 11 is 0. The monoisotopic (exact) mass is 424 g/mol. The number of fused-ring (bicyclic) bond motifs is 1. The molecule has 4 aromatic rings. The molecule has 6 heteroatoms. The number of para-hydroxylation sites is 2. The van der Waals surface area contributed by atoms with Crippen LogP contribution in [0.1, 0.15) is 22.8 Å². The van der Waals surface area contributed by atoms with Crippen LogP contribution in [0.2, 0.25) is 0 Å². The molecule has 0 saturated heterocycles. The molecule has 0 bridgehead atoms. The molecule has 0 aliphatic carbocycles. The van der Waals surface area contributed by atoms with Crippen LogP contribution < -0.4 is 5.32 Å². The zero-order chi connectivity index (χ0) is 22.5. The van der Waals surface area contributed by atoms with Gasteiger partial charge in [-0.15, -0.1) is 0 Å². The quantitative estimate of drug-likeness (QED) is 0.492. The lowest BCUT2D eigenvalue weighted by atomic mass is 10.0. The third-order valence-electron chi connectivity index (χ3n) is 5.32. The van der Waals surface area contributed by atoms with Crippen molar-refractivity contribution >= 4 is 28.4 Å². The highest BCUT2D eigenvalue weighted by molar-refractivity contribution is 6.08. The fourth-order valence-electron chi connectivity index (χ4n) is 3.66. The molecule has 2 heterocycles. The van der Waals surface area contributed by atoms with Crippen molar-refractivity contribution in [3.8, 4) is 11.3 Å². The van der Waals surface area contributed by atoms with Crippen molar-refractivity contribution in [2.45, 2.75) is 13.3 Å². The molecule has 0 spiro atoms. The van der Waals surface area contributed by atoms with E-state index < -0.39 is 0 Å². The summed E-state index contributed by atoms with van der Waals surface area (Å²) in [5.74, 6) is -0.479. The Morgan fingerprint density at radius 1 is 0.969 bits per heavy atom. The first-order valence-corrected chi connectivity index (χ1v) is 10.5. The van der Waals surface area contributed by atoms with Gasteiger partial charge in [-0.05, 0) is 42.3 Å². The number of hydrogen-bond donors (Lipinski definition) is 1. The van der Waals surface area contributed by atoms with E-state index in [0.29, 0.717) is 11.3 Å². The molecule has 160 valence electrons. The molecule has 2 amide bonds. The van der Waals surface area contributed by atoms with Crippen LogP contribution in [0.4, 0.5) is 5.69 Å². The van der Waals surface area contributed by atoms with E-state index in [2.05, 4.69) is 10.3 Å². The maximum atomic E-state index is 13.4. The summed E-state index contributed by atoms with van der Waals surface area (Å²) in [7, 11) is 1.63. The first-order chi connectivity index (χ1) is 15.6. The van der Waals surface area contributed by atoms with Crippen molar-refractivity contribution in [2.75, 3.05) is 18.9 Å². The van der Waals surface area contributed by atoms with Gasteiger partial charge in [-0.1, -0.05) is 43.3 Å². The van der Waals surface area contributed by atoms with Crippen LogP contribution in [0.3, 0.4) is 0 Å². The van der Waals surface area contributed by atoms with Crippen LogP contribution in [0, 0.1) is 0 Å². The van der Waals surface area contributed by atoms with E-state index in [1.165, 1.54) is 4.90 Å². The van der Waals surface area contributed by atoms with Gasteiger partial charge in [-0.25, -0.2) is 4.98 Å². The molecular formula is C26H24N4O2. The molecule has 1 N–H and O–H groups in total. The standard InChI is InChI=1S/C26H24N4O2/c1-3-18-8-4-6-10-22(18)29-25(31)17-30(2)26(32)21-16-24(19-12-14-27-15-13-19)28-23-11-7-5-9-20(21)23/h4-16H,3,17H2,1-2H3,(H,29,31). The Hall–Kier alpha value is -4.06. The van der Waals surface area contributed by atoms with Crippen molar-refractivity contribution in [2.24, 2.45) is 0 Å². The van der Waals surface area contributed by atoms with Crippen molar-refractivity contribution in [1.82, 2.24) is 14.9 Å². The Labute approximate surface area is 186 Å². The van der Waals surface area contributed by atoms with Gasteiger partial charge in [0.15, 0.2) is 0 Å². The number of carbonyl (C=O) groups excluding carboxylic acids is 2. The van der Waals surface area contributed by atoms with Crippen molar-refractivity contribution in [1.29, 1.82) is 0 Å². The number of nitrogens with zero attached hydrogens (tertiary/aromatic N) is 3.